The topological polar surface area (TPSA) is 64.8 Å². The lowest BCUT2D eigenvalue weighted by Gasteiger charge is -2.29. The number of morpholine rings is 1. The highest BCUT2D eigenvalue weighted by Gasteiger charge is 2.24. The van der Waals surface area contributed by atoms with E-state index in [1.54, 1.807) is 11.8 Å². The summed E-state index contributed by atoms with van der Waals surface area (Å²) in [5.41, 5.74) is 7.77. The van der Waals surface area contributed by atoms with E-state index in [0.29, 0.717) is 38.6 Å². The number of carbonyl (C=O) groups excluding carboxylic acids is 1. The minimum Gasteiger partial charge on any atom is -0.481 e. The van der Waals surface area contributed by atoms with Crippen LogP contribution in [0.15, 0.2) is 18.2 Å². The van der Waals surface area contributed by atoms with E-state index < -0.39 is 6.10 Å². The van der Waals surface area contributed by atoms with Crippen LogP contribution in [0, 0.1) is 6.92 Å². The summed E-state index contributed by atoms with van der Waals surface area (Å²) in [5, 5.41) is 0. The van der Waals surface area contributed by atoms with Crippen molar-refractivity contribution in [3.05, 3.63) is 29.3 Å². The van der Waals surface area contributed by atoms with Crippen molar-refractivity contribution >= 4 is 5.91 Å². The molecule has 1 heterocycles. The standard InChI is InChI=1S/C15H22N2O3/c1-11-3-4-14(13(9-11)10-16)20-12(2)15(18)17-5-7-19-8-6-17/h3-4,9,12H,5-8,10,16H2,1-2H3. The zero-order valence-corrected chi connectivity index (χ0v) is 12.1. The van der Waals surface area contributed by atoms with Crippen LogP contribution in [-0.4, -0.2) is 43.2 Å². The third kappa shape index (κ3) is 3.49. The van der Waals surface area contributed by atoms with Crippen molar-refractivity contribution in [1.29, 1.82) is 0 Å². The zero-order valence-electron chi connectivity index (χ0n) is 12.1. The first-order chi connectivity index (χ1) is 9.61. The Bertz CT molecular complexity index is 470. The van der Waals surface area contributed by atoms with Gasteiger partial charge in [0.15, 0.2) is 6.10 Å². The molecule has 1 saturated heterocycles. The van der Waals surface area contributed by atoms with Crippen LogP contribution in [0.5, 0.6) is 5.75 Å². The lowest BCUT2D eigenvalue weighted by Crippen LogP contribution is -2.46. The maximum atomic E-state index is 12.3. The Labute approximate surface area is 119 Å². The Morgan fingerprint density at radius 3 is 2.80 bits per heavy atom. The average Bonchev–Trinajstić information content (AvgIpc) is 2.49. The first-order valence-electron chi connectivity index (χ1n) is 6.94. The molecule has 2 rings (SSSR count). The van der Waals surface area contributed by atoms with E-state index in [0.717, 1.165) is 11.1 Å². The molecule has 20 heavy (non-hydrogen) atoms. The van der Waals surface area contributed by atoms with E-state index in [4.69, 9.17) is 15.2 Å². The van der Waals surface area contributed by atoms with Gasteiger partial charge in [-0.2, -0.15) is 0 Å². The summed E-state index contributed by atoms with van der Waals surface area (Å²) < 4.78 is 11.0. The Morgan fingerprint density at radius 1 is 1.45 bits per heavy atom. The normalized spacial score (nSPS) is 16.9. The fourth-order valence-corrected chi connectivity index (χ4v) is 2.26. The molecule has 0 aromatic heterocycles. The summed E-state index contributed by atoms with van der Waals surface area (Å²) >= 11 is 0. The first kappa shape index (κ1) is 14.8. The number of rotatable bonds is 4. The fourth-order valence-electron chi connectivity index (χ4n) is 2.26. The Kier molecular flexibility index (Phi) is 4.98. The van der Waals surface area contributed by atoms with E-state index in [9.17, 15) is 4.79 Å². The van der Waals surface area contributed by atoms with Gasteiger partial charge < -0.3 is 20.1 Å². The summed E-state index contributed by atoms with van der Waals surface area (Å²) in [7, 11) is 0. The third-order valence-electron chi connectivity index (χ3n) is 3.41. The van der Waals surface area contributed by atoms with Gasteiger partial charge in [-0.25, -0.2) is 0 Å². The molecule has 1 aliphatic heterocycles. The number of ether oxygens (including phenoxy) is 2. The lowest BCUT2D eigenvalue weighted by molar-refractivity contribution is -0.142. The highest BCUT2D eigenvalue weighted by Crippen LogP contribution is 2.21. The molecule has 110 valence electrons. The van der Waals surface area contributed by atoms with Crippen LogP contribution in [0.25, 0.3) is 0 Å². The molecule has 1 amide bonds. The molecule has 2 N–H and O–H groups in total. The zero-order chi connectivity index (χ0) is 14.5. The molecule has 0 saturated carbocycles. The third-order valence-corrected chi connectivity index (χ3v) is 3.41. The second-order valence-electron chi connectivity index (χ2n) is 5.01. The molecule has 0 spiro atoms. The van der Waals surface area contributed by atoms with Crippen molar-refractivity contribution in [2.24, 2.45) is 5.73 Å². The largest absolute Gasteiger partial charge is 0.481 e. The molecule has 1 unspecified atom stereocenters. The summed E-state index contributed by atoms with van der Waals surface area (Å²) in [6, 6.07) is 5.82. The van der Waals surface area contributed by atoms with Crippen molar-refractivity contribution in [3.63, 3.8) is 0 Å². The summed E-state index contributed by atoms with van der Waals surface area (Å²) in [4.78, 5) is 14.1. The maximum absolute atomic E-state index is 12.3. The first-order valence-corrected chi connectivity index (χ1v) is 6.94. The lowest BCUT2D eigenvalue weighted by atomic mass is 10.1. The molecule has 0 aliphatic carbocycles. The van der Waals surface area contributed by atoms with Gasteiger partial charge in [0.2, 0.25) is 0 Å². The molecule has 5 nitrogen and oxygen atoms in total. The average molecular weight is 278 g/mol. The van der Waals surface area contributed by atoms with Gasteiger partial charge in [-0.05, 0) is 19.9 Å². The predicted molar refractivity (Wildman–Crippen MR) is 76.6 cm³/mol. The van der Waals surface area contributed by atoms with Crippen LogP contribution in [0.1, 0.15) is 18.1 Å². The summed E-state index contributed by atoms with van der Waals surface area (Å²) in [6.45, 7) is 6.63. The van der Waals surface area contributed by atoms with Gasteiger partial charge in [0.25, 0.3) is 5.91 Å². The van der Waals surface area contributed by atoms with Crippen LogP contribution in [0.2, 0.25) is 0 Å². The number of hydrogen-bond acceptors (Lipinski definition) is 4. The van der Waals surface area contributed by atoms with E-state index in [2.05, 4.69) is 0 Å². The van der Waals surface area contributed by atoms with E-state index in [1.165, 1.54) is 0 Å². The van der Waals surface area contributed by atoms with Gasteiger partial charge in [-0.1, -0.05) is 17.7 Å². The molecular formula is C15H22N2O3. The number of benzene rings is 1. The molecular weight excluding hydrogens is 256 g/mol. The van der Waals surface area contributed by atoms with Crippen molar-refractivity contribution in [3.8, 4) is 5.75 Å². The molecule has 1 aliphatic rings. The predicted octanol–water partition coefficient (Wildman–Crippen LogP) is 1.08. The van der Waals surface area contributed by atoms with Gasteiger partial charge in [0.1, 0.15) is 5.75 Å². The second kappa shape index (κ2) is 6.72. The fraction of sp³-hybridized carbons (Fsp3) is 0.533. The molecule has 5 heteroatoms. The number of hydrogen-bond donors (Lipinski definition) is 1. The van der Waals surface area contributed by atoms with Gasteiger partial charge in [-0.3, -0.25) is 4.79 Å². The Morgan fingerprint density at radius 2 is 2.15 bits per heavy atom. The number of nitrogens with zero attached hydrogens (tertiary/aromatic N) is 1. The van der Waals surface area contributed by atoms with E-state index in [1.807, 2.05) is 25.1 Å². The number of aryl methyl sites for hydroxylation is 1. The highest BCUT2D eigenvalue weighted by molar-refractivity contribution is 5.81. The molecule has 1 atom stereocenters. The molecule has 1 fully saturated rings. The monoisotopic (exact) mass is 278 g/mol. The van der Waals surface area contributed by atoms with Crippen LogP contribution >= 0.6 is 0 Å². The molecule has 0 bridgehead atoms. The maximum Gasteiger partial charge on any atom is 0.263 e. The Hall–Kier alpha value is -1.59. The SMILES string of the molecule is Cc1ccc(OC(C)C(=O)N2CCOCC2)c(CN)c1. The minimum absolute atomic E-state index is 0.00292. The Balaban J connectivity index is 2.03. The van der Waals surface area contributed by atoms with Crippen molar-refractivity contribution in [1.82, 2.24) is 4.90 Å². The summed E-state index contributed by atoms with van der Waals surface area (Å²) in [6.07, 6.45) is -0.513. The van der Waals surface area contributed by atoms with Crippen molar-refractivity contribution in [2.45, 2.75) is 26.5 Å². The van der Waals surface area contributed by atoms with Gasteiger partial charge in [0, 0.05) is 25.2 Å². The highest BCUT2D eigenvalue weighted by atomic mass is 16.5. The van der Waals surface area contributed by atoms with Crippen LogP contribution in [-0.2, 0) is 16.1 Å². The van der Waals surface area contributed by atoms with Crippen LogP contribution in [0.3, 0.4) is 0 Å². The van der Waals surface area contributed by atoms with Crippen LogP contribution in [0.4, 0.5) is 0 Å². The number of amides is 1. The smallest absolute Gasteiger partial charge is 0.263 e. The quantitative estimate of drug-likeness (QED) is 0.895. The van der Waals surface area contributed by atoms with Crippen molar-refractivity contribution in [2.75, 3.05) is 26.3 Å². The summed E-state index contributed by atoms with van der Waals surface area (Å²) in [5.74, 6) is 0.684. The van der Waals surface area contributed by atoms with E-state index in [-0.39, 0.29) is 5.91 Å². The van der Waals surface area contributed by atoms with Crippen molar-refractivity contribution < 1.29 is 14.3 Å². The van der Waals surface area contributed by atoms with Crippen LogP contribution < -0.4 is 10.5 Å². The molecule has 1 aromatic rings. The van der Waals surface area contributed by atoms with Gasteiger partial charge >= 0.3 is 0 Å². The number of nitrogens with two attached hydrogens (primary N) is 1. The number of carbonyl (C=O) groups is 1. The second-order valence-corrected chi connectivity index (χ2v) is 5.01. The van der Waals surface area contributed by atoms with Gasteiger partial charge in [0.05, 0.1) is 13.2 Å². The molecule has 0 radical (unpaired) electrons. The van der Waals surface area contributed by atoms with Gasteiger partial charge in [-0.15, -0.1) is 0 Å². The van der Waals surface area contributed by atoms with E-state index >= 15 is 0 Å². The molecule has 1 aromatic carbocycles. The minimum atomic E-state index is -0.513.